The average Bonchev–Trinajstić information content (AvgIpc) is 2.69. The summed E-state index contributed by atoms with van der Waals surface area (Å²) in [6.07, 6.45) is 2.29. The molecule has 0 N–H and O–H groups in total. The second-order valence-corrected chi connectivity index (χ2v) is 3.96. The fourth-order valence-electron chi connectivity index (χ4n) is 1.63. The number of amides is 1. The standard InChI is InChI=1S/C12H15N3O/c1-14(2)12(16)7-8-15-9-13-10-5-3-4-6-11(10)15/h3-6,9H,7-8H2,1-2H3. The zero-order valence-electron chi connectivity index (χ0n) is 9.55. The Bertz CT molecular complexity index is 502. The molecule has 4 nitrogen and oxygen atoms in total. The van der Waals surface area contributed by atoms with E-state index in [4.69, 9.17) is 0 Å². The van der Waals surface area contributed by atoms with Gasteiger partial charge in [-0.05, 0) is 12.1 Å². The zero-order valence-corrected chi connectivity index (χ0v) is 9.55. The highest BCUT2D eigenvalue weighted by molar-refractivity contribution is 5.77. The molecule has 0 saturated heterocycles. The summed E-state index contributed by atoms with van der Waals surface area (Å²) < 4.78 is 2.01. The summed E-state index contributed by atoms with van der Waals surface area (Å²) in [6.45, 7) is 0.678. The van der Waals surface area contributed by atoms with Crippen molar-refractivity contribution in [3.05, 3.63) is 30.6 Å². The molecule has 1 aromatic heterocycles. The quantitative estimate of drug-likeness (QED) is 0.781. The van der Waals surface area contributed by atoms with Gasteiger partial charge in [0.2, 0.25) is 5.91 Å². The summed E-state index contributed by atoms with van der Waals surface area (Å²) in [6, 6.07) is 7.93. The highest BCUT2D eigenvalue weighted by Gasteiger charge is 2.06. The summed E-state index contributed by atoms with van der Waals surface area (Å²) in [7, 11) is 3.54. The van der Waals surface area contributed by atoms with Crippen molar-refractivity contribution in [3.63, 3.8) is 0 Å². The van der Waals surface area contributed by atoms with Gasteiger partial charge in [-0.1, -0.05) is 12.1 Å². The highest BCUT2D eigenvalue weighted by atomic mass is 16.2. The van der Waals surface area contributed by atoms with Crippen LogP contribution in [0.15, 0.2) is 30.6 Å². The molecule has 0 radical (unpaired) electrons. The van der Waals surface area contributed by atoms with E-state index in [1.54, 1.807) is 25.3 Å². The van der Waals surface area contributed by atoms with Crippen molar-refractivity contribution in [3.8, 4) is 0 Å². The summed E-state index contributed by atoms with van der Waals surface area (Å²) in [5.41, 5.74) is 2.05. The summed E-state index contributed by atoms with van der Waals surface area (Å²) in [5, 5.41) is 0. The first-order valence-electron chi connectivity index (χ1n) is 5.28. The van der Waals surface area contributed by atoms with E-state index in [0.717, 1.165) is 11.0 Å². The molecule has 4 heteroatoms. The van der Waals surface area contributed by atoms with E-state index in [2.05, 4.69) is 4.98 Å². The van der Waals surface area contributed by atoms with Crippen LogP contribution in [0.5, 0.6) is 0 Å². The molecule has 0 saturated carbocycles. The van der Waals surface area contributed by atoms with Gasteiger partial charge in [0.25, 0.3) is 0 Å². The van der Waals surface area contributed by atoms with Crippen molar-refractivity contribution >= 4 is 16.9 Å². The lowest BCUT2D eigenvalue weighted by molar-refractivity contribution is -0.128. The largest absolute Gasteiger partial charge is 0.349 e. The van der Waals surface area contributed by atoms with Crippen LogP contribution in [0, 0.1) is 0 Å². The first-order chi connectivity index (χ1) is 7.68. The Labute approximate surface area is 94.5 Å². The molecule has 2 aromatic rings. The maximum atomic E-state index is 11.5. The predicted octanol–water partition coefficient (Wildman–Crippen LogP) is 1.51. The first-order valence-corrected chi connectivity index (χ1v) is 5.28. The van der Waals surface area contributed by atoms with Crippen molar-refractivity contribution in [1.29, 1.82) is 0 Å². The van der Waals surface area contributed by atoms with Crippen molar-refractivity contribution in [1.82, 2.24) is 14.5 Å². The van der Waals surface area contributed by atoms with E-state index in [1.807, 2.05) is 28.8 Å². The van der Waals surface area contributed by atoms with E-state index in [-0.39, 0.29) is 5.91 Å². The molecule has 1 aromatic carbocycles. The molecule has 2 rings (SSSR count). The number of carbonyl (C=O) groups excluding carboxylic acids is 1. The molecule has 0 unspecified atom stereocenters. The Hall–Kier alpha value is -1.84. The number of aryl methyl sites for hydroxylation is 1. The lowest BCUT2D eigenvalue weighted by Crippen LogP contribution is -2.22. The molecule has 1 heterocycles. The van der Waals surface area contributed by atoms with E-state index < -0.39 is 0 Å². The van der Waals surface area contributed by atoms with Gasteiger partial charge in [0.15, 0.2) is 0 Å². The van der Waals surface area contributed by atoms with Gasteiger partial charge in [-0.2, -0.15) is 0 Å². The van der Waals surface area contributed by atoms with Gasteiger partial charge in [-0.25, -0.2) is 4.98 Å². The fourth-order valence-corrected chi connectivity index (χ4v) is 1.63. The third kappa shape index (κ3) is 2.05. The first kappa shape index (κ1) is 10.7. The highest BCUT2D eigenvalue weighted by Crippen LogP contribution is 2.12. The van der Waals surface area contributed by atoms with Crippen LogP contribution in [0.2, 0.25) is 0 Å². The van der Waals surface area contributed by atoms with Crippen LogP contribution in [-0.2, 0) is 11.3 Å². The molecule has 84 valence electrons. The number of fused-ring (bicyclic) bond motifs is 1. The van der Waals surface area contributed by atoms with E-state index in [9.17, 15) is 4.79 Å². The third-order valence-corrected chi connectivity index (χ3v) is 2.59. The number of para-hydroxylation sites is 2. The average molecular weight is 217 g/mol. The molecular weight excluding hydrogens is 202 g/mol. The van der Waals surface area contributed by atoms with Gasteiger partial charge < -0.3 is 9.47 Å². The molecular formula is C12H15N3O. The van der Waals surface area contributed by atoms with Gasteiger partial charge in [0.1, 0.15) is 0 Å². The normalized spacial score (nSPS) is 10.6. The number of nitrogens with zero attached hydrogens (tertiary/aromatic N) is 3. The topological polar surface area (TPSA) is 38.1 Å². The van der Waals surface area contributed by atoms with Crippen LogP contribution in [0.1, 0.15) is 6.42 Å². The minimum atomic E-state index is 0.137. The van der Waals surface area contributed by atoms with Crippen molar-refractivity contribution in [2.75, 3.05) is 14.1 Å². The number of aromatic nitrogens is 2. The second-order valence-electron chi connectivity index (χ2n) is 3.96. The van der Waals surface area contributed by atoms with Crippen LogP contribution < -0.4 is 0 Å². The summed E-state index contributed by atoms with van der Waals surface area (Å²) >= 11 is 0. The number of rotatable bonds is 3. The molecule has 0 fully saturated rings. The summed E-state index contributed by atoms with van der Waals surface area (Å²) in [4.78, 5) is 17.4. The lowest BCUT2D eigenvalue weighted by Gasteiger charge is -2.10. The van der Waals surface area contributed by atoms with Crippen LogP contribution in [-0.4, -0.2) is 34.5 Å². The summed E-state index contributed by atoms with van der Waals surface area (Å²) in [5.74, 6) is 0.137. The van der Waals surface area contributed by atoms with Gasteiger partial charge in [-0.3, -0.25) is 4.79 Å². The number of carbonyl (C=O) groups is 1. The maximum absolute atomic E-state index is 11.5. The smallest absolute Gasteiger partial charge is 0.223 e. The Morgan fingerprint density at radius 3 is 2.88 bits per heavy atom. The van der Waals surface area contributed by atoms with E-state index in [1.165, 1.54) is 0 Å². The number of hydrogen-bond donors (Lipinski definition) is 0. The number of hydrogen-bond acceptors (Lipinski definition) is 2. The van der Waals surface area contributed by atoms with Gasteiger partial charge >= 0.3 is 0 Å². The van der Waals surface area contributed by atoms with E-state index in [0.29, 0.717) is 13.0 Å². The lowest BCUT2D eigenvalue weighted by atomic mass is 10.3. The number of imidazole rings is 1. The monoisotopic (exact) mass is 217 g/mol. The minimum Gasteiger partial charge on any atom is -0.349 e. The predicted molar refractivity (Wildman–Crippen MR) is 63.0 cm³/mol. The molecule has 0 aliphatic carbocycles. The molecule has 0 spiro atoms. The Balaban J connectivity index is 2.13. The van der Waals surface area contributed by atoms with Gasteiger partial charge in [0.05, 0.1) is 17.4 Å². The van der Waals surface area contributed by atoms with Crippen LogP contribution >= 0.6 is 0 Å². The van der Waals surface area contributed by atoms with Gasteiger partial charge in [-0.15, -0.1) is 0 Å². The third-order valence-electron chi connectivity index (χ3n) is 2.59. The maximum Gasteiger partial charge on any atom is 0.223 e. The second kappa shape index (κ2) is 4.35. The Kier molecular flexibility index (Phi) is 2.90. The Morgan fingerprint density at radius 2 is 2.12 bits per heavy atom. The SMILES string of the molecule is CN(C)C(=O)CCn1cnc2ccccc21. The zero-order chi connectivity index (χ0) is 11.5. The van der Waals surface area contributed by atoms with Gasteiger partial charge in [0, 0.05) is 27.1 Å². The van der Waals surface area contributed by atoms with Crippen molar-refractivity contribution in [2.45, 2.75) is 13.0 Å². The molecule has 16 heavy (non-hydrogen) atoms. The Morgan fingerprint density at radius 1 is 1.38 bits per heavy atom. The van der Waals surface area contributed by atoms with Crippen LogP contribution in [0.3, 0.4) is 0 Å². The molecule has 0 aliphatic rings. The van der Waals surface area contributed by atoms with Crippen molar-refractivity contribution < 1.29 is 4.79 Å². The molecule has 1 amide bonds. The fraction of sp³-hybridized carbons (Fsp3) is 0.333. The molecule has 0 atom stereocenters. The van der Waals surface area contributed by atoms with Crippen molar-refractivity contribution in [2.24, 2.45) is 0 Å². The van der Waals surface area contributed by atoms with E-state index >= 15 is 0 Å². The minimum absolute atomic E-state index is 0.137. The molecule has 0 aliphatic heterocycles. The van der Waals surface area contributed by atoms with Crippen LogP contribution in [0.25, 0.3) is 11.0 Å². The number of benzene rings is 1. The molecule has 0 bridgehead atoms. The van der Waals surface area contributed by atoms with Crippen LogP contribution in [0.4, 0.5) is 0 Å².